The Morgan fingerprint density at radius 1 is 1.44 bits per heavy atom. The van der Waals surface area contributed by atoms with E-state index < -0.39 is 11.6 Å². The zero-order valence-corrected chi connectivity index (χ0v) is 10.2. The summed E-state index contributed by atoms with van der Waals surface area (Å²) >= 11 is 0. The van der Waals surface area contributed by atoms with Crippen LogP contribution >= 0.6 is 0 Å². The lowest BCUT2D eigenvalue weighted by Crippen LogP contribution is -2.32. The summed E-state index contributed by atoms with van der Waals surface area (Å²) in [5, 5.41) is 26.8. The number of aliphatic hydroxyl groups is 1. The maximum absolute atomic E-state index is 11.0. The molecule has 0 radical (unpaired) electrons. The quantitative estimate of drug-likeness (QED) is 0.669. The van der Waals surface area contributed by atoms with Crippen molar-refractivity contribution >= 4 is 5.97 Å². The zero-order valence-electron chi connectivity index (χ0n) is 10.2. The van der Waals surface area contributed by atoms with E-state index in [4.69, 9.17) is 10.8 Å². The molecule has 0 unspecified atom stereocenters. The van der Waals surface area contributed by atoms with Gasteiger partial charge in [0.2, 0.25) is 0 Å². The summed E-state index contributed by atoms with van der Waals surface area (Å²) in [7, 11) is 0. The van der Waals surface area contributed by atoms with E-state index in [0.717, 1.165) is 25.7 Å². The average molecular weight is 254 g/mol. The maximum Gasteiger partial charge on any atom is 0.358 e. The number of carboxylic acids is 1. The van der Waals surface area contributed by atoms with Gasteiger partial charge in [-0.05, 0) is 19.4 Å². The van der Waals surface area contributed by atoms with E-state index >= 15 is 0 Å². The van der Waals surface area contributed by atoms with E-state index in [1.165, 1.54) is 4.68 Å². The molecule has 0 aliphatic heterocycles. The molecule has 0 bridgehead atoms. The van der Waals surface area contributed by atoms with Crippen LogP contribution in [0.15, 0.2) is 0 Å². The highest BCUT2D eigenvalue weighted by Gasteiger charge is 2.33. The number of nitrogens with zero attached hydrogens (tertiary/aromatic N) is 3. The van der Waals surface area contributed by atoms with Crippen molar-refractivity contribution < 1.29 is 15.0 Å². The Hall–Kier alpha value is -1.47. The van der Waals surface area contributed by atoms with Crippen LogP contribution in [0.25, 0.3) is 0 Å². The molecule has 0 spiro atoms. The minimum absolute atomic E-state index is 0.0675. The van der Waals surface area contributed by atoms with Gasteiger partial charge >= 0.3 is 5.97 Å². The second-order valence-electron chi connectivity index (χ2n) is 4.82. The smallest absolute Gasteiger partial charge is 0.358 e. The molecule has 1 aromatic heterocycles. The number of hydrogen-bond donors (Lipinski definition) is 3. The number of aromatic carboxylic acids is 1. The molecule has 18 heavy (non-hydrogen) atoms. The molecule has 1 aliphatic rings. The average Bonchev–Trinajstić information content (AvgIpc) is 2.88. The van der Waals surface area contributed by atoms with Gasteiger partial charge in [0.05, 0.1) is 17.8 Å². The van der Waals surface area contributed by atoms with Gasteiger partial charge in [0.15, 0.2) is 5.69 Å². The number of rotatable bonds is 5. The molecule has 1 aromatic rings. The molecule has 7 nitrogen and oxygen atoms in total. The second-order valence-corrected chi connectivity index (χ2v) is 4.82. The van der Waals surface area contributed by atoms with Gasteiger partial charge < -0.3 is 15.9 Å². The summed E-state index contributed by atoms with van der Waals surface area (Å²) in [5.41, 5.74) is 5.11. The van der Waals surface area contributed by atoms with Gasteiger partial charge in [-0.15, -0.1) is 5.10 Å². The van der Waals surface area contributed by atoms with Crippen molar-refractivity contribution in [2.45, 2.75) is 44.2 Å². The number of hydrogen-bond acceptors (Lipinski definition) is 5. The second kappa shape index (κ2) is 5.03. The Bertz CT molecular complexity index is 437. The third-order valence-corrected chi connectivity index (χ3v) is 3.40. The Balaban J connectivity index is 2.24. The maximum atomic E-state index is 11.0. The molecule has 1 saturated carbocycles. The number of nitrogens with two attached hydrogens (primary N) is 1. The largest absolute Gasteiger partial charge is 0.476 e. The fourth-order valence-electron chi connectivity index (χ4n) is 2.48. The van der Waals surface area contributed by atoms with Crippen molar-refractivity contribution in [3.8, 4) is 0 Å². The van der Waals surface area contributed by atoms with Crippen LogP contribution in [-0.4, -0.2) is 43.3 Å². The lowest BCUT2D eigenvalue weighted by atomic mass is 10.0. The van der Waals surface area contributed by atoms with E-state index in [-0.39, 0.29) is 5.69 Å². The highest BCUT2D eigenvalue weighted by Crippen LogP contribution is 2.31. The molecule has 1 aliphatic carbocycles. The van der Waals surface area contributed by atoms with E-state index in [9.17, 15) is 9.90 Å². The van der Waals surface area contributed by atoms with Crippen molar-refractivity contribution in [3.63, 3.8) is 0 Å². The normalized spacial score (nSPS) is 18.1. The van der Waals surface area contributed by atoms with E-state index in [2.05, 4.69) is 10.3 Å². The summed E-state index contributed by atoms with van der Waals surface area (Å²) in [6.07, 6.45) is 3.81. The van der Waals surface area contributed by atoms with Crippen molar-refractivity contribution in [3.05, 3.63) is 11.4 Å². The highest BCUT2D eigenvalue weighted by atomic mass is 16.4. The van der Waals surface area contributed by atoms with Crippen molar-refractivity contribution in [2.24, 2.45) is 5.73 Å². The molecule has 100 valence electrons. The van der Waals surface area contributed by atoms with Crippen LogP contribution in [0.4, 0.5) is 0 Å². The number of carbonyl (C=O) groups is 1. The predicted molar refractivity (Wildman–Crippen MR) is 63.2 cm³/mol. The van der Waals surface area contributed by atoms with Crippen LogP contribution in [0, 0.1) is 0 Å². The van der Waals surface area contributed by atoms with Gasteiger partial charge in [-0.1, -0.05) is 18.1 Å². The zero-order chi connectivity index (χ0) is 13.2. The van der Waals surface area contributed by atoms with E-state index in [1.54, 1.807) is 0 Å². The van der Waals surface area contributed by atoms with E-state index in [0.29, 0.717) is 25.2 Å². The molecular formula is C11H18N4O3. The number of aromatic nitrogens is 3. The Morgan fingerprint density at radius 3 is 2.67 bits per heavy atom. The molecule has 1 heterocycles. The first kappa shape index (κ1) is 13.0. The fraction of sp³-hybridized carbons (Fsp3) is 0.727. The lowest BCUT2D eigenvalue weighted by molar-refractivity contribution is 0.0251. The van der Waals surface area contributed by atoms with Crippen LogP contribution in [0.5, 0.6) is 0 Å². The van der Waals surface area contributed by atoms with Gasteiger partial charge in [-0.3, -0.25) is 0 Å². The summed E-state index contributed by atoms with van der Waals surface area (Å²) in [4.78, 5) is 11.0. The minimum Gasteiger partial charge on any atom is -0.476 e. The molecule has 7 heteroatoms. The fourth-order valence-corrected chi connectivity index (χ4v) is 2.48. The third-order valence-electron chi connectivity index (χ3n) is 3.40. The van der Waals surface area contributed by atoms with Crippen molar-refractivity contribution in [1.29, 1.82) is 0 Å². The molecule has 0 atom stereocenters. The standard InChI is InChI=1S/C11H18N4O3/c12-6-3-8-9(10(16)17)13-14-15(8)7-11(18)4-1-2-5-11/h18H,1-7,12H2,(H,16,17). The topological polar surface area (TPSA) is 114 Å². The Labute approximate surface area is 105 Å². The van der Waals surface area contributed by atoms with Gasteiger partial charge in [0.25, 0.3) is 0 Å². The number of carboxylic acid groups (broad SMARTS) is 1. The SMILES string of the molecule is NCCc1c(C(=O)O)nnn1CC1(O)CCCC1. The Kier molecular flexibility index (Phi) is 3.63. The molecule has 0 saturated heterocycles. The predicted octanol–water partition coefficient (Wildman–Crippen LogP) is -0.217. The summed E-state index contributed by atoms with van der Waals surface area (Å²) in [6, 6.07) is 0. The van der Waals surface area contributed by atoms with Crippen LogP contribution < -0.4 is 5.73 Å². The van der Waals surface area contributed by atoms with Crippen LogP contribution in [0.1, 0.15) is 41.9 Å². The molecular weight excluding hydrogens is 236 g/mol. The van der Waals surface area contributed by atoms with Gasteiger partial charge in [0, 0.05) is 6.42 Å². The first-order valence-electron chi connectivity index (χ1n) is 6.14. The van der Waals surface area contributed by atoms with Crippen LogP contribution in [-0.2, 0) is 13.0 Å². The first-order valence-corrected chi connectivity index (χ1v) is 6.14. The van der Waals surface area contributed by atoms with E-state index in [1.807, 2.05) is 0 Å². The molecule has 0 aromatic carbocycles. The first-order chi connectivity index (χ1) is 8.56. The molecule has 4 N–H and O–H groups in total. The summed E-state index contributed by atoms with van der Waals surface area (Å²) < 4.78 is 1.49. The highest BCUT2D eigenvalue weighted by molar-refractivity contribution is 5.86. The van der Waals surface area contributed by atoms with Crippen molar-refractivity contribution in [2.75, 3.05) is 6.54 Å². The van der Waals surface area contributed by atoms with Gasteiger partial charge in [0.1, 0.15) is 0 Å². The van der Waals surface area contributed by atoms with Crippen LogP contribution in [0.2, 0.25) is 0 Å². The molecule has 1 fully saturated rings. The third kappa shape index (κ3) is 2.51. The minimum atomic E-state index is -1.11. The van der Waals surface area contributed by atoms with Gasteiger partial charge in [-0.2, -0.15) is 0 Å². The lowest BCUT2D eigenvalue weighted by Gasteiger charge is -2.22. The monoisotopic (exact) mass is 254 g/mol. The molecule has 0 amide bonds. The summed E-state index contributed by atoms with van der Waals surface area (Å²) in [6.45, 7) is 0.620. The van der Waals surface area contributed by atoms with Gasteiger partial charge in [-0.25, -0.2) is 9.48 Å². The molecule has 2 rings (SSSR count). The summed E-state index contributed by atoms with van der Waals surface area (Å²) in [5.74, 6) is -1.11. The van der Waals surface area contributed by atoms with Crippen LogP contribution in [0.3, 0.4) is 0 Å². The Morgan fingerprint density at radius 2 is 2.11 bits per heavy atom. The van der Waals surface area contributed by atoms with Crippen molar-refractivity contribution in [1.82, 2.24) is 15.0 Å².